The van der Waals surface area contributed by atoms with Crippen LogP contribution in [0.2, 0.25) is 0 Å². The first-order valence-electron chi connectivity index (χ1n) is 38.4. The summed E-state index contributed by atoms with van der Waals surface area (Å²) in [5.74, 6) is -3.61. The van der Waals surface area contributed by atoms with Gasteiger partial charge < -0.3 is 244 Å². The van der Waals surface area contributed by atoms with Crippen LogP contribution in [0.1, 0.15) is 34.6 Å². The lowest BCUT2D eigenvalue weighted by molar-refractivity contribution is -0.403. The van der Waals surface area contributed by atoms with E-state index in [0.717, 1.165) is 27.7 Å². The van der Waals surface area contributed by atoms with Crippen LogP contribution in [0.5, 0.6) is 0 Å². The number of aliphatic hydroxyl groups excluding tert-OH is 26. The highest BCUT2D eigenvalue weighted by molar-refractivity contribution is 5.74. The fraction of sp³-hybridized carbons (Fsp3) is 0.940. The molecular formula is C67H112N4O49. The van der Waals surface area contributed by atoms with Gasteiger partial charge in [-0.2, -0.15) is 0 Å². The van der Waals surface area contributed by atoms with Crippen molar-refractivity contribution in [2.24, 2.45) is 0 Å². The second-order valence-electron chi connectivity index (χ2n) is 30.5. The summed E-state index contributed by atoms with van der Waals surface area (Å²) in [6.45, 7) is -4.91. The SMILES string of the molecule is CC(=O)N[C@@H]1[C@H](O[C@H]2[C@H](O)[C@H](O)[C@@H](OC[C@H]3O[C@@H](O[C@H]4[C@H](O)[C@@H](NC(C)=O)[C@H](O[C@H]5[C@H](O[C@@H]6O[C@@H](C)[C@@H](O)[C@@H](O)[C@@H]6O)[C@@H](NC(C)=O)C(O)O[C@@H]5CO)O[C@@H]4CO)[C@@H](O[C@@H]4O[C@H](CO)[C@H](O)[C@H]4O)[C@@H](O[C@H]4O[C@H](CO)[C@@H](O[C@@H]5O[C@H](CO)[C@@H](O)[C@H](O)[C@H]5NC(C)=O)[C@H](O)[C@@H]4O)[C@@H]3O)O[C@@H]2CO)O[C@H](CO)[C@@H](O)[C@@H]1O[C@@H]1O[C@H](CO)[C@H](O)[C@H](O)[C@H]1O. The Kier molecular flexibility index (Phi) is 35.0. The van der Waals surface area contributed by atoms with Crippen LogP contribution in [0, 0.1) is 0 Å². The van der Waals surface area contributed by atoms with Gasteiger partial charge in [0, 0.05) is 27.7 Å². The smallest absolute Gasteiger partial charge is 0.217 e. The van der Waals surface area contributed by atoms with Crippen LogP contribution in [0.15, 0.2) is 0 Å². The minimum Gasteiger partial charge on any atom is -0.394 e. The van der Waals surface area contributed by atoms with Crippen molar-refractivity contribution < 1.29 is 242 Å². The summed E-state index contributed by atoms with van der Waals surface area (Å²) in [7, 11) is 0. The van der Waals surface area contributed by atoms with Gasteiger partial charge in [-0.1, -0.05) is 0 Å². The highest BCUT2D eigenvalue weighted by Crippen LogP contribution is 2.42. The van der Waals surface area contributed by atoms with Gasteiger partial charge in [-0.15, -0.1) is 0 Å². The van der Waals surface area contributed by atoms with Gasteiger partial charge in [0.1, 0.15) is 232 Å². The monoisotopic (exact) mass is 1760 g/mol. The maximum atomic E-state index is 13.4. The van der Waals surface area contributed by atoms with Crippen molar-refractivity contribution in [3.63, 3.8) is 0 Å². The van der Waals surface area contributed by atoms with Gasteiger partial charge in [0.05, 0.1) is 65.6 Å². The van der Waals surface area contributed by atoms with E-state index in [1.165, 1.54) is 6.92 Å². The molecule has 10 aliphatic rings. The average molecular weight is 1760 g/mol. The third kappa shape index (κ3) is 21.4. The molecule has 1 unspecified atom stereocenters. The molecule has 0 aromatic heterocycles. The lowest BCUT2D eigenvalue weighted by Gasteiger charge is -2.52. The van der Waals surface area contributed by atoms with E-state index in [2.05, 4.69) is 21.3 Å². The van der Waals surface area contributed by atoms with E-state index < -0.39 is 384 Å². The first-order valence-corrected chi connectivity index (χ1v) is 38.4. The van der Waals surface area contributed by atoms with Crippen molar-refractivity contribution in [1.82, 2.24) is 21.3 Å². The van der Waals surface area contributed by atoms with Gasteiger partial charge in [-0.3, -0.25) is 19.2 Å². The zero-order valence-electron chi connectivity index (χ0n) is 64.7. The van der Waals surface area contributed by atoms with E-state index in [-0.39, 0.29) is 0 Å². The number of rotatable bonds is 31. The van der Waals surface area contributed by atoms with Crippen LogP contribution in [0.25, 0.3) is 0 Å². The van der Waals surface area contributed by atoms with E-state index >= 15 is 0 Å². The molecule has 0 aromatic carbocycles. The molecule has 10 heterocycles. The summed E-state index contributed by atoms with van der Waals surface area (Å²) in [6.07, 6.45) is -92.9. The fourth-order valence-electron chi connectivity index (χ4n) is 15.7. The van der Waals surface area contributed by atoms with E-state index in [4.69, 9.17) is 90.0 Å². The zero-order valence-corrected chi connectivity index (χ0v) is 64.7. The normalized spacial score (nSPS) is 49.6. The molecule has 0 bridgehead atoms. The third-order valence-corrected chi connectivity index (χ3v) is 22.1. The fourth-order valence-corrected chi connectivity index (χ4v) is 15.7. The largest absolute Gasteiger partial charge is 0.394 e. The number of carbonyl (C=O) groups excluding carboxylic acids is 4. The molecular weight excluding hydrogens is 1640 g/mol. The average Bonchev–Trinajstić information content (AvgIpc) is 0.974. The molecule has 694 valence electrons. The van der Waals surface area contributed by atoms with E-state index in [1.807, 2.05) is 0 Å². The maximum Gasteiger partial charge on any atom is 0.217 e. The minimum atomic E-state index is -2.51. The number of hydrogen-bond acceptors (Lipinski definition) is 49. The first-order chi connectivity index (χ1) is 56.8. The van der Waals surface area contributed by atoms with E-state index in [9.17, 15) is 152 Å². The Morgan fingerprint density at radius 2 is 0.525 bits per heavy atom. The topological polar surface area (TPSA) is 818 Å². The molecule has 10 rings (SSSR count). The number of ether oxygens (including phenoxy) is 19. The molecule has 0 saturated carbocycles. The van der Waals surface area contributed by atoms with Crippen LogP contribution in [-0.4, -0.2) is 517 Å². The number of aliphatic hydroxyl groups is 26. The zero-order chi connectivity index (χ0) is 88.2. The van der Waals surface area contributed by atoms with Gasteiger partial charge >= 0.3 is 0 Å². The quantitative estimate of drug-likeness (QED) is 0.0306. The van der Waals surface area contributed by atoms with Crippen molar-refractivity contribution in [1.29, 1.82) is 0 Å². The van der Waals surface area contributed by atoms with Crippen LogP contribution in [0.4, 0.5) is 0 Å². The van der Waals surface area contributed by atoms with Gasteiger partial charge in [-0.25, -0.2) is 0 Å². The summed E-state index contributed by atoms with van der Waals surface area (Å²) in [5, 5.41) is 300. The van der Waals surface area contributed by atoms with E-state index in [1.54, 1.807) is 0 Å². The Morgan fingerprint density at radius 1 is 0.233 bits per heavy atom. The van der Waals surface area contributed by atoms with Crippen LogP contribution < -0.4 is 21.3 Å². The molecule has 30 N–H and O–H groups in total. The Morgan fingerprint density at radius 3 is 1.02 bits per heavy atom. The van der Waals surface area contributed by atoms with Crippen molar-refractivity contribution in [3.8, 4) is 0 Å². The second kappa shape index (κ2) is 42.8. The van der Waals surface area contributed by atoms with Crippen LogP contribution in [0.3, 0.4) is 0 Å². The molecule has 10 fully saturated rings. The minimum absolute atomic E-state index is 0.838. The van der Waals surface area contributed by atoms with Crippen LogP contribution in [-0.2, 0) is 109 Å². The molecule has 10 saturated heterocycles. The van der Waals surface area contributed by atoms with Crippen molar-refractivity contribution >= 4 is 23.6 Å². The lowest BCUT2D eigenvalue weighted by Crippen LogP contribution is -2.71. The Bertz CT molecular complexity index is 3230. The van der Waals surface area contributed by atoms with Crippen molar-refractivity contribution in [2.75, 3.05) is 59.5 Å². The second-order valence-corrected chi connectivity index (χ2v) is 30.5. The van der Waals surface area contributed by atoms with Crippen molar-refractivity contribution in [2.45, 2.75) is 335 Å². The Hall–Kier alpha value is -3.92. The molecule has 53 nitrogen and oxygen atoms in total. The third-order valence-electron chi connectivity index (χ3n) is 22.1. The maximum absolute atomic E-state index is 13.4. The number of amides is 4. The Labute approximate surface area is 679 Å². The predicted molar refractivity (Wildman–Crippen MR) is 369 cm³/mol. The molecule has 4 amide bonds. The van der Waals surface area contributed by atoms with Gasteiger partial charge in [0.2, 0.25) is 23.6 Å². The number of nitrogens with one attached hydrogen (secondary N) is 4. The number of carbonyl (C=O) groups is 4. The first kappa shape index (κ1) is 98.3. The molecule has 120 heavy (non-hydrogen) atoms. The van der Waals surface area contributed by atoms with Gasteiger partial charge in [-0.05, 0) is 6.92 Å². The predicted octanol–water partition coefficient (Wildman–Crippen LogP) is -20.6. The van der Waals surface area contributed by atoms with Gasteiger partial charge in [0.25, 0.3) is 0 Å². The highest BCUT2D eigenvalue weighted by Gasteiger charge is 2.62. The summed E-state index contributed by atoms with van der Waals surface area (Å²) in [4.78, 5) is 51.4. The summed E-state index contributed by atoms with van der Waals surface area (Å²) < 4.78 is 114. The molecule has 0 radical (unpaired) electrons. The standard InChI is InChI=1S/C67H112N4O49/c1-15-33(84)41(92)46(97)63(103-15)118-55-31(70-18(4)82)58(101)104-27(13-79)53(55)116-60-30(69-17(3)81)40(91)50(24(10-76)109-60)115-67-57(120-64-45(96)36(87)22(8-74)108-64)56(119-66-49(100)44(95)52(26(12-78)111-66)113-59-29(68-16(2)80)39(90)34(85)20(6-72)105-59)38(89)28(112-67)14-102-62-48(99)43(94)51(25(11-77)110-62)114-61-32(71-19(5)83)54(37(88)23(9-75)106-61)117-65-47(98)42(93)35(86)21(7-73)107-65/h15,20-67,72-79,84-101H,6-14H2,1-5H3,(H,68,80)(H,69,81)(H,70,82)(H,71,83)/t15-,20+,21+,22+,23+,24+,25+,26+,27+,28+,29+,30+,31+,32-,33+,34+,35-,36-,37+,38+,39+,40+,41+,42-,43+,44+,45+,46-,47+,48-,49-,50+,51+,52+,53+,54+,55+,56-,57-,58?,59-,60-,61-,62-,63-,64-,65-,66+,67-/m0/s1. The summed E-state index contributed by atoms with van der Waals surface area (Å²) in [5.41, 5.74) is 0. The van der Waals surface area contributed by atoms with E-state index in [0.29, 0.717) is 0 Å². The number of hydrogen-bond donors (Lipinski definition) is 30. The summed E-state index contributed by atoms with van der Waals surface area (Å²) >= 11 is 0. The molecule has 10 aliphatic heterocycles. The van der Waals surface area contributed by atoms with Crippen molar-refractivity contribution in [3.05, 3.63) is 0 Å². The highest BCUT2D eigenvalue weighted by atomic mass is 16.8. The van der Waals surface area contributed by atoms with Gasteiger partial charge in [0.15, 0.2) is 62.9 Å². The summed E-state index contributed by atoms with van der Waals surface area (Å²) in [6, 6.07) is -7.36. The lowest BCUT2D eigenvalue weighted by atomic mass is 9.93. The molecule has 0 aliphatic carbocycles. The van der Waals surface area contributed by atoms with Crippen LogP contribution >= 0.6 is 0 Å². The molecule has 0 spiro atoms. The Balaban J connectivity index is 0.992. The molecule has 0 aromatic rings. The molecule has 49 atom stereocenters. The molecule has 53 heteroatoms.